The van der Waals surface area contributed by atoms with Crippen molar-refractivity contribution < 1.29 is 49.1 Å². The quantitative estimate of drug-likeness (QED) is 0.0401. The molecule has 0 aliphatic rings. The van der Waals surface area contributed by atoms with Gasteiger partial charge in [-0.1, -0.05) is 39.8 Å². The van der Waals surface area contributed by atoms with Crippen LogP contribution in [0.2, 0.25) is 0 Å². The summed E-state index contributed by atoms with van der Waals surface area (Å²) in [6.07, 6.45) is 4.91. The van der Waals surface area contributed by atoms with Crippen molar-refractivity contribution >= 4 is 45.8 Å². The molecule has 0 saturated carbocycles. The Morgan fingerprint density at radius 1 is 0.589 bits per heavy atom. The number of fused-ring (bicyclic) bond motifs is 2. The predicted molar refractivity (Wildman–Crippen MR) is 212 cm³/mol. The van der Waals surface area contributed by atoms with Crippen LogP contribution < -0.4 is 10.9 Å². The summed E-state index contributed by atoms with van der Waals surface area (Å²) < 4.78 is 10.4. The Kier molecular flexibility index (Phi) is 10.2. The molecule has 0 aliphatic heterocycles. The van der Waals surface area contributed by atoms with Crippen molar-refractivity contribution in [3.63, 3.8) is 0 Å². The van der Waals surface area contributed by atoms with Crippen LogP contribution in [-0.2, 0) is 0 Å². The summed E-state index contributed by atoms with van der Waals surface area (Å²) in [5.41, 5.74) is 6.87. The van der Waals surface area contributed by atoms with Crippen LogP contribution in [0, 0.1) is 27.7 Å². The number of carbonyl (C=O) groups excluding carboxylic acids is 2. The third-order valence-electron chi connectivity index (χ3n) is 9.92. The van der Waals surface area contributed by atoms with Crippen LogP contribution in [-0.4, -0.2) is 54.9 Å². The van der Waals surface area contributed by atoms with Gasteiger partial charge in [-0.25, -0.2) is 10.9 Å². The Bertz CT molecular complexity index is 2470. The number of aryl methyl sites for hydroxylation is 4. The van der Waals surface area contributed by atoms with E-state index in [1.165, 1.54) is 24.7 Å². The summed E-state index contributed by atoms with van der Waals surface area (Å²) in [7, 11) is 0. The van der Waals surface area contributed by atoms with E-state index >= 15 is 0 Å². The van der Waals surface area contributed by atoms with E-state index in [9.17, 15) is 40.2 Å². The van der Waals surface area contributed by atoms with E-state index in [0.29, 0.717) is 44.5 Å². The Morgan fingerprint density at radius 3 is 1.25 bits per heavy atom. The van der Waals surface area contributed by atoms with Gasteiger partial charge >= 0.3 is 0 Å². The van der Waals surface area contributed by atoms with E-state index in [1.807, 2.05) is 27.7 Å². The highest BCUT2D eigenvalue weighted by Crippen LogP contribution is 2.54. The molecule has 0 aliphatic carbocycles. The first kappa shape index (κ1) is 38.8. The maximum absolute atomic E-state index is 12.8. The summed E-state index contributed by atoms with van der Waals surface area (Å²) in [5.74, 6) is -3.97. The third kappa shape index (κ3) is 6.38. The van der Waals surface area contributed by atoms with Gasteiger partial charge in [0.2, 0.25) is 0 Å². The van der Waals surface area contributed by atoms with Gasteiger partial charge in [0.1, 0.15) is 23.0 Å². The molecular weight excluding hydrogens is 720 g/mol. The fourth-order valence-corrected chi connectivity index (χ4v) is 7.30. The number of hydrazone groups is 2. The van der Waals surface area contributed by atoms with E-state index in [4.69, 9.17) is 8.83 Å². The number of amides is 2. The summed E-state index contributed by atoms with van der Waals surface area (Å²) in [5, 5.41) is 78.7. The molecule has 0 atom stereocenters. The molecule has 0 spiro atoms. The highest BCUT2D eigenvalue weighted by Gasteiger charge is 2.30. The first-order valence-electron chi connectivity index (χ1n) is 17.7. The Morgan fingerprint density at radius 2 is 0.946 bits per heavy atom. The standard InChI is InChI=1S/C42H42N4O10/c1-17(2)29-25-13-19(5)31(37(49)33(25)27(35(47)39(29)51)15-43-45-41(53)23-9-11-55-21(23)7)32-20(6)14-26-30(18(3)4)40(52)36(48)28(34(26)38(32)50)16-44-46-42(54)24-10-12-56-22(24)8/h9-18,47-52H,1-8H3,(H,45,53)(H,46,54)/b43-15-,44-16-. The maximum atomic E-state index is 12.8. The maximum Gasteiger partial charge on any atom is 0.274 e. The first-order valence-corrected chi connectivity index (χ1v) is 17.7. The number of aromatic hydroxyl groups is 6. The molecule has 0 fully saturated rings. The number of carbonyl (C=O) groups is 2. The summed E-state index contributed by atoms with van der Waals surface area (Å²) in [6, 6.07) is 6.35. The van der Waals surface area contributed by atoms with Crippen molar-refractivity contribution in [3.8, 4) is 45.6 Å². The molecule has 6 rings (SSSR count). The number of furan rings is 2. The van der Waals surface area contributed by atoms with Crippen LogP contribution in [0.5, 0.6) is 34.5 Å². The number of nitrogens with one attached hydrogen (secondary N) is 2. The molecule has 8 N–H and O–H groups in total. The lowest BCUT2D eigenvalue weighted by Gasteiger charge is -2.23. The van der Waals surface area contributed by atoms with Gasteiger partial charge in [0.15, 0.2) is 23.0 Å². The minimum atomic E-state index is -0.601. The molecule has 0 bridgehead atoms. The van der Waals surface area contributed by atoms with E-state index in [2.05, 4.69) is 21.1 Å². The SMILES string of the molecule is Cc1cc2c(C(C)C)c(O)c(O)c(/C=N\NC(=O)c3ccoc3C)c2c(O)c1-c1c(C)cc2c(C(C)C)c(O)c(O)c(/C=N\NC(=O)c3ccoc3C)c2c1O. The number of benzene rings is 4. The molecule has 0 radical (unpaired) electrons. The van der Waals surface area contributed by atoms with E-state index < -0.39 is 46.3 Å². The lowest BCUT2D eigenvalue weighted by molar-refractivity contribution is 0.0945. The molecule has 0 unspecified atom stereocenters. The molecule has 2 amide bonds. The normalized spacial score (nSPS) is 12.0. The van der Waals surface area contributed by atoms with Crippen LogP contribution in [0.1, 0.15) is 105 Å². The van der Waals surface area contributed by atoms with Gasteiger partial charge < -0.3 is 39.5 Å². The van der Waals surface area contributed by atoms with Gasteiger partial charge in [0, 0.05) is 33.0 Å². The van der Waals surface area contributed by atoms with Gasteiger partial charge in [-0.3, -0.25) is 9.59 Å². The number of phenols is 6. The van der Waals surface area contributed by atoms with Crippen LogP contribution in [0.4, 0.5) is 0 Å². The molecule has 0 saturated heterocycles. The largest absolute Gasteiger partial charge is 0.507 e. The summed E-state index contributed by atoms with van der Waals surface area (Å²) in [4.78, 5) is 25.5. The van der Waals surface area contributed by atoms with E-state index in [-0.39, 0.29) is 56.0 Å². The van der Waals surface area contributed by atoms with Gasteiger partial charge in [-0.2, -0.15) is 10.2 Å². The van der Waals surface area contributed by atoms with Gasteiger partial charge in [-0.05, 0) is 73.6 Å². The highest BCUT2D eigenvalue weighted by molar-refractivity contribution is 6.15. The van der Waals surface area contributed by atoms with Crippen molar-refractivity contribution in [2.24, 2.45) is 10.2 Å². The zero-order chi connectivity index (χ0) is 40.9. The van der Waals surface area contributed by atoms with Crippen molar-refractivity contribution in [2.75, 3.05) is 0 Å². The second-order valence-electron chi connectivity index (χ2n) is 14.2. The second kappa shape index (κ2) is 14.7. The van der Waals surface area contributed by atoms with Crippen LogP contribution >= 0.6 is 0 Å². The van der Waals surface area contributed by atoms with Crippen molar-refractivity contribution in [3.05, 3.63) is 92.8 Å². The van der Waals surface area contributed by atoms with E-state index in [1.54, 1.807) is 39.8 Å². The summed E-state index contributed by atoms with van der Waals surface area (Å²) >= 11 is 0. The minimum Gasteiger partial charge on any atom is -0.507 e. The van der Waals surface area contributed by atoms with Gasteiger partial charge in [0.05, 0.1) is 47.2 Å². The third-order valence-corrected chi connectivity index (χ3v) is 9.92. The fraction of sp³-hybridized carbons (Fsp3) is 0.238. The smallest absolute Gasteiger partial charge is 0.274 e. The topological polar surface area (TPSA) is 231 Å². The Balaban J connectivity index is 1.61. The molecule has 2 heterocycles. The highest BCUT2D eigenvalue weighted by atomic mass is 16.3. The van der Waals surface area contributed by atoms with Crippen LogP contribution in [0.3, 0.4) is 0 Å². The number of phenolic OH excluding ortho intramolecular Hbond substituents is 6. The second-order valence-corrected chi connectivity index (χ2v) is 14.2. The Labute approximate surface area is 321 Å². The fourth-order valence-electron chi connectivity index (χ4n) is 7.30. The lowest BCUT2D eigenvalue weighted by atomic mass is 9.83. The number of nitrogens with zero attached hydrogens (tertiary/aromatic N) is 2. The van der Waals surface area contributed by atoms with Crippen molar-refractivity contribution in [1.29, 1.82) is 0 Å². The van der Waals surface area contributed by atoms with Gasteiger partial charge in [-0.15, -0.1) is 0 Å². The number of hydrogen-bond donors (Lipinski definition) is 8. The lowest BCUT2D eigenvalue weighted by Crippen LogP contribution is -2.17. The molecule has 14 heteroatoms. The molecule has 56 heavy (non-hydrogen) atoms. The monoisotopic (exact) mass is 762 g/mol. The number of hydrogen-bond acceptors (Lipinski definition) is 12. The summed E-state index contributed by atoms with van der Waals surface area (Å²) in [6.45, 7) is 13.9. The van der Waals surface area contributed by atoms with Crippen LogP contribution in [0.25, 0.3) is 32.7 Å². The molecule has 6 aromatic rings. The number of rotatable bonds is 9. The van der Waals surface area contributed by atoms with Crippen molar-refractivity contribution in [2.45, 2.75) is 67.2 Å². The Hall–Kier alpha value is -6.96. The zero-order valence-corrected chi connectivity index (χ0v) is 32.0. The first-order chi connectivity index (χ1) is 26.5. The minimum absolute atomic E-state index is 0.0662. The molecule has 4 aromatic carbocycles. The average molecular weight is 763 g/mol. The molecular formula is C42H42N4O10. The molecule has 290 valence electrons. The molecule has 2 aromatic heterocycles. The molecule has 14 nitrogen and oxygen atoms in total. The van der Waals surface area contributed by atoms with Crippen LogP contribution in [0.15, 0.2) is 55.8 Å². The van der Waals surface area contributed by atoms with Gasteiger partial charge in [0.25, 0.3) is 11.8 Å². The van der Waals surface area contributed by atoms with Crippen molar-refractivity contribution in [1.82, 2.24) is 10.9 Å². The average Bonchev–Trinajstić information content (AvgIpc) is 3.76. The van der Waals surface area contributed by atoms with E-state index in [0.717, 1.165) is 12.4 Å². The predicted octanol–water partition coefficient (Wildman–Crippen LogP) is 8.09. The zero-order valence-electron chi connectivity index (χ0n) is 32.0.